The molecule has 2 atom stereocenters. The molecule has 1 aliphatic rings. The number of carbonyl (C=O) groups excluding carboxylic acids is 1. The first-order valence-corrected chi connectivity index (χ1v) is 12.0. The number of methoxy groups -OCH3 is 2. The van der Waals surface area contributed by atoms with Gasteiger partial charge in [0.2, 0.25) is 5.91 Å². The highest BCUT2D eigenvalue weighted by molar-refractivity contribution is 7.89. The fraction of sp³-hybridized carbons (Fsp3) is 0.192. The van der Waals surface area contributed by atoms with Crippen molar-refractivity contribution in [1.29, 1.82) is 0 Å². The van der Waals surface area contributed by atoms with Crippen LogP contribution in [0, 0.1) is 0 Å². The molecule has 0 radical (unpaired) electrons. The van der Waals surface area contributed by atoms with E-state index in [-0.39, 0.29) is 17.2 Å². The molecule has 1 amide bonds. The summed E-state index contributed by atoms with van der Waals surface area (Å²) in [5, 5.41) is 0. The monoisotopic (exact) mass is 463 g/mol. The molecule has 170 valence electrons. The van der Waals surface area contributed by atoms with Crippen LogP contribution in [0.1, 0.15) is 23.5 Å². The smallest absolute Gasteiger partial charge is 0.267 e. The minimum Gasteiger partial charge on any atom is -0.497 e. The van der Waals surface area contributed by atoms with Gasteiger partial charge in [0.25, 0.3) is 10.0 Å². The largest absolute Gasteiger partial charge is 0.497 e. The molecule has 1 heterocycles. The van der Waals surface area contributed by atoms with Crippen LogP contribution in [0.3, 0.4) is 0 Å². The second-order valence-electron chi connectivity index (χ2n) is 7.71. The van der Waals surface area contributed by atoms with Gasteiger partial charge in [-0.15, -0.1) is 0 Å². The quantitative estimate of drug-likeness (QED) is 0.516. The predicted octanol–water partition coefficient (Wildman–Crippen LogP) is 4.49. The van der Waals surface area contributed by atoms with Crippen molar-refractivity contribution in [2.45, 2.75) is 23.3 Å². The Bertz CT molecular complexity index is 1240. The third-order valence-electron chi connectivity index (χ3n) is 5.77. The molecule has 7 heteroatoms. The van der Waals surface area contributed by atoms with Crippen molar-refractivity contribution in [2.24, 2.45) is 0 Å². The van der Waals surface area contributed by atoms with E-state index in [9.17, 15) is 13.2 Å². The zero-order chi connectivity index (χ0) is 23.4. The summed E-state index contributed by atoms with van der Waals surface area (Å²) in [5.41, 5.74) is 1.75. The number of benzene rings is 3. The van der Waals surface area contributed by atoms with Crippen molar-refractivity contribution in [3.05, 3.63) is 96.1 Å². The van der Waals surface area contributed by atoms with E-state index in [1.165, 1.54) is 12.1 Å². The molecule has 0 spiro atoms. The highest BCUT2D eigenvalue weighted by Crippen LogP contribution is 2.39. The van der Waals surface area contributed by atoms with Crippen LogP contribution in [0.4, 0.5) is 0 Å². The van der Waals surface area contributed by atoms with E-state index < -0.39 is 22.0 Å². The first kappa shape index (κ1) is 22.6. The Hall–Kier alpha value is -3.58. The Morgan fingerprint density at radius 3 is 2.00 bits per heavy atom. The zero-order valence-electron chi connectivity index (χ0n) is 18.4. The van der Waals surface area contributed by atoms with Crippen LogP contribution in [-0.2, 0) is 14.8 Å². The lowest BCUT2D eigenvalue weighted by Gasteiger charge is -2.25. The minimum absolute atomic E-state index is 0.0933. The van der Waals surface area contributed by atoms with Gasteiger partial charge < -0.3 is 9.47 Å². The Balaban J connectivity index is 1.75. The summed E-state index contributed by atoms with van der Waals surface area (Å²) >= 11 is 0. The summed E-state index contributed by atoms with van der Waals surface area (Å²) in [5.74, 6) is 0.676. The summed E-state index contributed by atoms with van der Waals surface area (Å²) < 4.78 is 38.4. The summed E-state index contributed by atoms with van der Waals surface area (Å²) in [4.78, 5) is 13.2. The van der Waals surface area contributed by atoms with Gasteiger partial charge in [0.1, 0.15) is 11.5 Å². The van der Waals surface area contributed by atoms with Gasteiger partial charge >= 0.3 is 0 Å². The van der Waals surface area contributed by atoms with Gasteiger partial charge in [-0.2, -0.15) is 0 Å². The summed E-state index contributed by atoms with van der Waals surface area (Å²) in [6.45, 7) is 0. The van der Waals surface area contributed by atoms with Gasteiger partial charge in [-0.05, 0) is 47.5 Å². The average Bonchev–Trinajstić information content (AvgIpc) is 3.20. The van der Waals surface area contributed by atoms with Crippen molar-refractivity contribution in [3.8, 4) is 11.5 Å². The van der Waals surface area contributed by atoms with Crippen LogP contribution in [-0.4, -0.2) is 38.9 Å². The molecule has 1 fully saturated rings. The normalized spacial score (nSPS) is 18.6. The first-order valence-electron chi connectivity index (χ1n) is 10.5. The molecule has 1 aliphatic heterocycles. The zero-order valence-corrected chi connectivity index (χ0v) is 19.2. The molecule has 0 aromatic heterocycles. The standard InChI is InChI=1S/C26H25NO5S/c1-31-21-13-8-19(9-14-21)10-17-25-24(20-11-15-22(32-2)16-12-20)18-26(28)27(25)33(29,30)23-6-4-3-5-7-23/h3-17,24-25H,18H2,1-2H3/b17-10+/t24-,25+/m1/s1. The lowest BCUT2D eigenvalue weighted by Crippen LogP contribution is -2.38. The van der Waals surface area contributed by atoms with Crippen LogP contribution in [0.25, 0.3) is 6.08 Å². The number of hydrogen-bond donors (Lipinski definition) is 0. The van der Waals surface area contributed by atoms with Gasteiger partial charge in [0, 0.05) is 12.3 Å². The summed E-state index contributed by atoms with van der Waals surface area (Å²) in [6, 6.07) is 22.2. The van der Waals surface area contributed by atoms with E-state index in [4.69, 9.17) is 9.47 Å². The maximum absolute atomic E-state index is 13.5. The number of nitrogens with zero attached hydrogens (tertiary/aromatic N) is 1. The highest BCUT2D eigenvalue weighted by Gasteiger charge is 2.46. The molecule has 0 unspecified atom stereocenters. The lowest BCUT2D eigenvalue weighted by atomic mass is 9.91. The Morgan fingerprint density at radius 2 is 1.42 bits per heavy atom. The van der Waals surface area contributed by atoms with Crippen molar-refractivity contribution < 1.29 is 22.7 Å². The second-order valence-corrected chi connectivity index (χ2v) is 9.53. The number of carbonyl (C=O) groups is 1. The van der Waals surface area contributed by atoms with Crippen LogP contribution in [0.5, 0.6) is 11.5 Å². The summed E-state index contributed by atoms with van der Waals surface area (Å²) in [7, 11) is -0.834. The average molecular weight is 464 g/mol. The van der Waals surface area contributed by atoms with E-state index in [0.29, 0.717) is 5.75 Å². The number of rotatable bonds is 7. The van der Waals surface area contributed by atoms with Crippen molar-refractivity contribution in [1.82, 2.24) is 4.31 Å². The molecular formula is C26H25NO5S. The third kappa shape index (κ3) is 4.64. The van der Waals surface area contributed by atoms with Gasteiger partial charge in [-0.1, -0.05) is 54.6 Å². The molecule has 3 aromatic carbocycles. The molecule has 0 bridgehead atoms. The van der Waals surface area contributed by atoms with Crippen LogP contribution < -0.4 is 9.47 Å². The van der Waals surface area contributed by atoms with E-state index >= 15 is 0 Å². The Morgan fingerprint density at radius 1 is 0.848 bits per heavy atom. The molecular weight excluding hydrogens is 438 g/mol. The van der Waals surface area contributed by atoms with Crippen LogP contribution >= 0.6 is 0 Å². The van der Waals surface area contributed by atoms with Gasteiger partial charge in [-0.3, -0.25) is 4.79 Å². The minimum atomic E-state index is -4.02. The van der Waals surface area contributed by atoms with Gasteiger partial charge in [0.15, 0.2) is 0 Å². The topological polar surface area (TPSA) is 72.9 Å². The highest BCUT2D eigenvalue weighted by atomic mass is 32.2. The fourth-order valence-electron chi connectivity index (χ4n) is 4.03. The van der Waals surface area contributed by atoms with E-state index in [1.54, 1.807) is 38.5 Å². The number of amides is 1. The molecule has 6 nitrogen and oxygen atoms in total. The van der Waals surface area contributed by atoms with Crippen LogP contribution in [0.2, 0.25) is 0 Å². The maximum atomic E-state index is 13.5. The SMILES string of the molecule is COc1ccc(/C=C/[C@H]2[C@@H](c3ccc(OC)cc3)CC(=O)N2S(=O)(=O)c2ccccc2)cc1. The van der Waals surface area contributed by atoms with E-state index in [2.05, 4.69) is 0 Å². The molecule has 4 rings (SSSR count). The van der Waals surface area contributed by atoms with Crippen LogP contribution in [0.15, 0.2) is 89.8 Å². The van der Waals surface area contributed by atoms with E-state index in [1.807, 2.05) is 54.6 Å². The lowest BCUT2D eigenvalue weighted by molar-refractivity contribution is -0.124. The van der Waals surface area contributed by atoms with Crippen molar-refractivity contribution in [2.75, 3.05) is 14.2 Å². The van der Waals surface area contributed by atoms with Crippen molar-refractivity contribution >= 4 is 22.0 Å². The van der Waals surface area contributed by atoms with E-state index in [0.717, 1.165) is 21.2 Å². The van der Waals surface area contributed by atoms with Gasteiger partial charge in [0.05, 0.1) is 25.2 Å². The molecule has 33 heavy (non-hydrogen) atoms. The molecule has 0 aliphatic carbocycles. The third-order valence-corrected chi connectivity index (χ3v) is 7.60. The predicted molar refractivity (Wildman–Crippen MR) is 127 cm³/mol. The van der Waals surface area contributed by atoms with Gasteiger partial charge in [-0.25, -0.2) is 12.7 Å². The molecule has 0 N–H and O–H groups in total. The Kier molecular flexibility index (Phi) is 6.51. The number of ether oxygens (including phenoxy) is 2. The molecule has 0 saturated carbocycles. The molecule has 3 aromatic rings. The number of sulfonamides is 1. The number of hydrogen-bond acceptors (Lipinski definition) is 5. The van der Waals surface area contributed by atoms with Crippen molar-refractivity contribution in [3.63, 3.8) is 0 Å². The Labute approximate surface area is 194 Å². The fourth-order valence-corrected chi connectivity index (χ4v) is 5.64. The second kappa shape index (κ2) is 9.50. The maximum Gasteiger partial charge on any atom is 0.267 e. The first-order chi connectivity index (χ1) is 15.9. The summed E-state index contributed by atoms with van der Waals surface area (Å²) in [6.07, 6.45) is 3.73. The molecule has 1 saturated heterocycles.